The monoisotopic (exact) mass is 499 g/mol. The number of rotatable bonds is 9. The fourth-order valence-corrected chi connectivity index (χ4v) is 5.17. The molecule has 0 aliphatic carbocycles. The summed E-state index contributed by atoms with van der Waals surface area (Å²) >= 11 is 0. The second-order valence-corrected chi connectivity index (χ2v) is 9.95. The van der Waals surface area contributed by atoms with Gasteiger partial charge in [-0.2, -0.15) is 0 Å². The van der Waals surface area contributed by atoms with Crippen molar-refractivity contribution in [2.75, 3.05) is 4.90 Å². The number of hydrogen-bond donors (Lipinski definition) is 2. The number of aryl methyl sites for hydroxylation is 1. The van der Waals surface area contributed by atoms with Gasteiger partial charge in [0.05, 0.1) is 0 Å². The molecule has 0 aliphatic rings. The number of phenols is 2. The van der Waals surface area contributed by atoms with E-state index in [2.05, 4.69) is 84.6 Å². The Labute approximate surface area is 225 Å². The quantitative estimate of drug-likeness (QED) is 0.213. The molecular weight excluding hydrogens is 466 g/mol. The van der Waals surface area contributed by atoms with Crippen LogP contribution in [0.3, 0.4) is 0 Å². The van der Waals surface area contributed by atoms with E-state index in [-0.39, 0.29) is 16.9 Å². The molecular formula is C35H33NO2. The van der Waals surface area contributed by atoms with Crippen LogP contribution in [-0.2, 0) is 11.8 Å². The molecule has 3 nitrogen and oxygen atoms in total. The number of phenolic OH excluding ortho intramolecular Hbond substituents is 2. The molecule has 3 heteroatoms. The van der Waals surface area contributed by atoms with Crippen LogP contribution in [0.5, 0.6) is 11.5 Å². The van der Waals surface area contributed by atoms with Gasteiger partial charge in [-0.25, -0.2) is 0 Å². The van der Waals surface area contributed by atoms with E-state index < -0.39 is 0 Å². The van der Waals surface area contributed by atoms with E-state index in [1.54, 1.807) is 24.3 Å². The van der Waals surface area contributed by atoms with Gasteiger partial charge in [0.2, 0.25) is 0 Å². The number of anilines is 3. The lowest BCUT2D eigenvalue weighted by Crippen LogP contribution is -2.23. The summed E-state index contributed by atoms with van der Waals surface area (Å²) in [4.78, 5) is 2.27. The summed E-state index contributed by atoms with van der Waals surface area (Å²) in [6.07, 6.45) is 2.89. The van der Waals surface area contributed by atoms with Crippen LogP contribution in [0.1, 0.15) is 36.5 Å². The van der Waals surface area contributed by atoms with Crippen molar-refractivity contribution in [3.05, 3.63) is 150 Å². The maximum Gasteiger partial charge on any atom is 0.115 e. The van der Waals surface area contributed by atoms with E-state index in [4.69, 9.17) is 0 Å². The predicted molar refractivity (Wildman–Crippen MR) is 157 cm³/mol. The Hall–Kier alpha value is -4.50. The van der Waals surface area contributed by atoms with Gasteiger partial charge in [0.1, 0.15) is 11.5 Å². The molecule has 0 aliphatic heterocycles. The average Bonchev–Trinajstić information content (AvgIpc) is 2.96. The fraction of sp³-hybridized carbons (Fsp3) is 0.143. The minimum atomic E-state index is -0.237. The van der Waals surface area contributed by atoms with E-state index in [0.29, 0.717) is 0 Å². The van der Waals surface area contributed by atoms with Gasteiger partial charge in [0.15, 0.2) is 0 Å². The summed E-state index contributed by atoms with van der Waals surface area (Å²) in [7, 11) is 0. The molecule has 5 rings (SSSR count). The number of aromatic hydroxyl groups is 2. The molecule has 190 valence electrons. The van der Waals surface area contributed by atoms with Crippen LogP contribution in [0.15, 0.2) is 133 Å². The highest BCUT2D eigenvalue weighted by atomic mass is 16.3. The van der Waals surface area contributed by atoms with Crippen LogP contribution in [0.25, 0.3) is 0 Å². The van der Waals surface area contributed by atoms with Gasteiger partial charge in [-0.15, -0.1) is 0 Å². The van der Waals surface area contributed by atoms with E-state index in [9.17, 15) is 10.2 Å². The Morgan fingerprint density at radius 2 is 0.947 bits per heavy atom. The van der Waals surface area contributed by atoms with Crippen LogP contribution in [0, 0.1) is 0 Å². The summed E-state index contributed by atoms with van der Waals surface area (Å²) in [5, 5.41) is 19.6. The molecule has 0 bridgehead atoms. The first-order valence-corrected chi connectivity index (χ1v) is 13.1. The van der Waals surface area contributed by atoms with E-state index in [1.165, 1.54) is 5.56 Å². The smallest absolute Gasteiger partial charge is 0.115 e. The third-order valence-corrected chi connectivity index (χ3v) is 7.37. The molecule has 0 unspecified atom stereocenters. The molecule has 0 heterocycles. The Morgan fingerprint density at radius 1 is 0.526 bits per heavy atom. The van der Waals surface area contributed by atoms with Gasteiger partial charge in [-0.1, -0.05) is 79.7 Å². The van der Waals surface area contributed by atoms with Crippen molar-refractivity contribution in [1.29, 1.82) is 0 Å². The Balaban J connectivity index is 1.34. The van der Waals surface area contributed by atoms with E-state index in [0.717, 1.165) is 47.5 Å². The van der Waals surface area contributed by atoms with Crippen LogP contribution >= 0.6 is 0 Å². The highest BCUT2D eigenvalue weighted by molar-refractivity contribution is 5.76. The first-order chi connectivity index (χ1) is 18.5. The molecule has 0 spiro atoms. The van der Waals surface area contributed by atoms with Gasteiger partial charge in [0.25, 0.3) is 0 Å². The van der Waals surface area contributed by atoms with Gasteiger partial charge in [-0.3, -0.25) is 0 Å². The highest BCUT2D eigenvalue weighted by Gasteiger charge is 2.28. The predicted octanol–water partition coefficient (Wildman–Crippen LogP) is 8.90. The SMILES string of the molecule is CC(CCCc1ccc(N(c2ccccc2)c2ccccc2)cc1)(c1ccc(O)cc1)c1ccc(O)cc1. The zero-order chi connectivity index (χ0) is 26.4. The maximum absolute atomic E-state index is 9.82. The molecule has 0 radical (unpaired) electrons. The lowest BCUT2D eigenvalue weighted by atomic mass is 9.72. The number of benzene rings is 5. The molecule has 0 atom stereocenters. The molecule has 0 aromatic heterocycles. The first-order valence-electron chi connectivity index (χ1n) is 13.1. The summed E-state index contributed by atoms with van der Waals surface area (Å²) in [6.45, 7) is 2.24. The summed E-state index contributed by atoms with van der Waals surface area (Å²) < 4.78 is 0. The third-order valence-electron chi connectivity index (χ3n) is 7.37. The van der Waals surface area contributed by atoms with E-state index >= 15 is 0 Å². The maximum atomic E-state index is 9.82. The minimum absolute atomic E-state index is 0.237. The van der Waals surface area contributed by atoms with Gasteiger partial charge in [0, 0.05) is 22.5 Å². The topological polar surface area (TPSA) is 43.7 Å². The van der Waals surface area contributed by atoms with Gasteiger partial charge >= 0.3 is 0 Å². The second kappa shape index (κ2) is 11.3. The van der Waals surface area contributed by atoms with Gasteiger partial charge in [-0.05, 0) is 96.6 Å². The van der Waals surface area contributed by atoms with Crippen molar-refractivity contribution >= 4 is 17.1 Å². The standard InChI is InChI=1S/C35H33NO2/c1-35(28-16-22-33(37)23-17-28,29-18-24-34(38)25-19-29)26-8-9-27-14-20-32(21-15-27)36(30-10-4-2-5-11-30)31-12-6-3-7-13-31/h2-7,10-25,37-38H,8-9,26H2,1H3. The molecule has 2 N–H and O–H groups in total. The summed E-state index contributed by atoms with van der Waals surface area (Å²) in [5.41, 5.74) is 6.75. The normalized spacial score (nSPS) is 11.3. The molecule has 5 aromatic carbocycles. The third kappa shape index (κ3) is 5.57. The second-order valence-electron chi connectivity index (χ2n) is 9.95. The molecule has 0 fully saturated rings. The number of hydrogen-bond acceptors (Lipinski definition) is 3. The van der Waals surface area contributed by atoms with Crippen molar-refractivity contribution in [2.24, 2.45) is 0 Å². The summed E-state index contributed by atoms with van der Waals surface area (Å²) in [6, 6.07) is 44.7. The van der Waals surface area contributed by atoms with Crippen molar-refractivity contribution in [3.8, 4) is 11.5 Å². The Morgan fingerprint density at radius 3 is 1.39 bits per heavy atom. The molecule has 0 amide bonds. The summed E-state index contributed by atoms with van der Waals surface area (Å²) in [5.74, 6) is 0.531. The van der Waals surface area contributed by atoms with Crippen LogP contribution < -0.4 is 4.90 Å². The number of nitrogens with zero attached hydrogens (tertiary/aromatic N) is 1. The van der Waals surface area contributed by atoms with Gasteiger partial charge < -0.3 is 15.1 Å². The zero-order valence-corrected chi connectivity index (χ0v) is 21.7. The lowest BCUT2D eigenvalue weighted by Gasteiger charge is -2.31. The van der Waals surface area contributed by atoms with Crippen molar-refractivity contribution in [3.63, 3.8) is 0 Å². The van der Waals surface area contributed by atoms with E-state index in [1.807, 2.05) is 36.4 Å². The molecule has 0 saturated heterocycles. The van der Waals surface area contributed by atoms with Crippen LogP contribution in [-0.4, -0.2) is 10.2 Å². The largest absolute Gasteiger partial charge is 0.508 e. The average molecular weight is 500 g/mol. The number of para-hydroxylation sites is 2. The fourth-order valence-electron chi connectivity index (χ4n) is 5.17. The molecule has 38 heavy (non-hydrogen) atoms. The van der Waals surface area contributed by atoms with Crippen molar-refractivity contribution in [1.82, 2.24) is 0 Å². The Kier molecular flexibility index (Phi) is 7.46. The Bertz CT molecular complexity index is 1340. The minimum Gasteiger partial charge on any atom is -0.508 e. The van der Waals surface area contributed by atoms with Crippen LogP contribution in [0.2, 0.25) is 0 Å². The molecule has 0 saturated carbocycles. The molecule has 5 aromatic rings. The van der Waals surface area contributed by atoms with Crippen LogP contribution in [0.4, 0.5) is 17.1 Å². The lowest BCUT2D eigenvalue weighted by molar-refractivity contribution is 0.468. The van der Waals surface area contributed by atoms with Crippen molar-refractivity contribution in [2.45, 2.75) is 31.6 Å². The highest BCUT2D eigenvalue weighted by Crippen LogP contribution is 2.39. The first kappa shape index (κ1) is 25.2. The van der Waals surface area contributed by atoms with Crippen molar-refractivity contribution < 1.29 is 10.2 Å². The zero-order valence-electron chi connectivity index (χ0n) is 21.7.